The highest BCUT2D eigenvalue weighted by molar-refractivity contribution is 9.09. The number of rotatable bonds is 2. The van der Waals surface area contributed by atoms with E-state index in [4.69, 9.17) is 0 Å². The number of pyridine rings is 1. The molecule has 2 saturated heterocycles. The van der Waals surface area contributed by atoms with Crippen molar-refractivity contribution >= 4 is 21.7 Å². The maximum absolute atomic E-state index is 12.8. The van der Waals surface area contributed by atoms with Crippen LogP contribution in [0.2, 0.25) is 0 Å². The summed E-state index contributed by atoms with van der Waals surface area (Å²) in [5.41, 5.74) is 0.259. The fraction of sp³-hybridized carbons (Fsp3) is 0.545. The van der Waals surface area contributed by atoms with Gasteiger partial charge in [0.2, 0.25) is 0 Å². The molecule has 4 heteroatoms. The Morgan fingerprint density at radius 2 is 2.33 bits per heavy atom. The molecule has 3 heterocycles. The van der Waals surface area contributed by atoms with E-state index in [1.807, 2.05) is 0 Å². The molecule has 0 aromatic carbocycles. The van der Waals surface area contributed by atoms with Gasteiger partial charge in [-0.1, -0.05) is 15.9 Å². The first-order valence-electron chi connectivity index (χ1n) is 5.19. The maximum atomic E-state index is 12.8. The first-order valence-corrected chi connectivity index (χ1v) is 6.31. The van der Waals surface area contributed by atoms with Crippen LogP contribution in [-0.4, -0.2) is 22.4 Å². The summed E-state index contributed by atoms with van der Waals surface area (Å²) in [6.07, 6.45) is 3.79. The standard InChI is InChI=1S/C11H12BrFN2/c12-7-11-3-8(4-11)6-15(11)10-2-1-9(13)5-14-10/h1-2,5,8H,3-4,6-7H2. The zero-order valence-electron chi connectivity index (χ0n) is 8.29. The number of aromatic nitrogens is 1. The summed E-state index contributed by atoms with van der Waals surface area (Å²) in [4.78, 5) is 6.49. The number of nitrogens with zero attached hydrogens (tertiary/aromatic N) is 2. The third-order valence-corrected chi connectivity index (χ3v) is 4.63. The molecule has 1 aromatic rings. The Balaban J connectivity index is 1.91. The number of fused-ring (bicyclic) bond motifs is 1. The molecule has 0 amide bonds. The van der Waals surface area contributed by atoms with Crippen LogP contribution >= 0.6 is 15.9 Å². The van der Waals surface area contributed by atoms with E-state index in [2.05, 4.69) is 25.8 Å². The van der Waals surface area contributed by atoms with Gasteiger partial charge in [0, 0.05) is 11.9 Å². The van der Waals surface area contributed by atoms with Crippen LogP contribution in [0.3, 0.4) is 0 Å². The molecule has 0 unspecified atom stereocenters. The van der Waals surface area contributed by atoms with Crippen molar-refractivity contribution in [1.29, 1.82) is 0 Å². The van der Waals surface area contributed by atoms with Crippen molar-refractivity contribution in [2.45, 2.75) is 18.4 Å². The third kappa shape index (κ3) is 1.30. The fourth-order valence-electron chi connectivity index (χ4n) is 2.86. The van der Waals surface area contributed by atoms with Gasteiger partial charge in [-0.05, 0) is 30.9 Å². The summed E-state index contributed by atoms with van der Waals surface area (Å²) in [5, 5.41) is 0.982. The van der Waals surface area contributed by atoms with Gasteiger partial charge >= 0.3 is 0 Å². The molecule has 3 aliphatic rings. The van der Waals surface area contributed by atoms with E-state index in [9.17, 15) is 4.39 Å². The minimum absolute atomic E-state index is 0.259. The van der Waals surface area contributed by atoms with Crippen molar-refractivity contribution in [3.63, 3.8) is 0 Å². The Bertz CT molecular complexity index is 373. The second-order valence-electron chi connectivity index (χ2n) is 4.58. The van der Waals surface area contributed by atoms with Crippen LogP contribution in [0.25, 0.3) is 0 Å². The Kier molecular flexibility index (Phi) is 2.03. The molecule has 15 heavy (non-hydrogen) atoms. The lowest BCUT2D eigenvalue weighted by Crippen LogP contribution is -2.47. The number of halogens is 2. The molecule has 2 nitrogen and oxygen atoms in total. The minimum Gasteiger partial charge on any atom is -0.350 e. The summed E-state index contributed by atoms with van der Waals surface area (Å²) in [6.45, 7) is 1.07. The zero-order valence-corrected chi connectivity index (χ0v) is 9.87. The quantitative estimate of drug-likeness (QED) is 0.768. The molecule has 1 aromatic heterocycles. The predicted octanol–water partition coefficient (Wildman–Crippen LogP) is 2.58. The highest BCUT2D eigenvalue weighted by Gasteiger charge is 2.55. The van der Waals surface area contributed by atoms with Crippen LogP contribution in [0.5, 0.6) is 0 Å². The number of hydrogen-bond acceptors (Lipinski definition) is 2. The van der Waals surface area contributed by atoms with Crippen LogP contribution < -0.4 is 4.90 Å². The van der Waals surface area contributed by atoms with Gasteiger partial charge < -0.3 is 4.90 Å². The Labute approximate surface area is 96.6 Å². The van der Waals surface area contributed by atoms with Crippen molar-refractivity contribution < 1.29 is 4.39 Å². The van der Waals surface area contributed by atoms with Crippen molar-refractivity contribution in [2.24, 2.45) is 5.92 Å². The van der Waals surface area contributed by atoms with Gasteiger partial charge in [0.05, 0.1) is 11.7 Å². The second kappa shape index (κ2) is 3.17. The number of alkyl halides is 1. The summed E-state index contributed by atoms with van der Waals surface area (Å²) in [6, 6.07) is 3.26. The average Bonchev–Trinajstić information content (AvgIpc) is 2.72. The topological polar surface area (TPSA) is 16.1 Å². The Morgan fingerprint density at radius 3 is 2.93 bits per heavy atom. The molecule has 0 atom stereocenters. The lowest BCUT2D eigenvalue weighted by atomic mass is 9.75. The highest BCUT2D eigenvalue weighted by Crippen LogP contribution is 2.52. The van der Waals surface area contributed by atoms with E-state index < -0.39 is 0 Å². The van der Waals surface area contributed by atoms with Crippen LogP contribution in [0.1, 0.15) is 12.8 Å². The number of hydrogen-bond donors (Lipinski definition) is 0. The molecule has 3 fully saturated rings. The molecule has 2 bridgehead atoms. The predicted molar refractivity (Wildman–Crippen MR) is 60.8 cm³/mol. The second-order valence-corrected chi connectivity index (χ2v) is 5.14. The van der Waals surface area contributed by atoms with Crippen molar-refractivity contribution in [3.05, 3.63) is 24.1 Å². The smallest absolute Gasteiger partial charge is 0.141 e. The van der Waals surface area contributed by atoms with Crippen molar-refractivity contribution in [2.75, 3.05) is 16.8 Å². The Morgan fingerprint density at radius 1 is 1.53 bits per heavy atom. The molecule has 1 aliphatic carbocycles. The molecule has 2 aliphatic heterocycles. The van der Waals surface area contributed by atoms with E-state index in [1.54, 1.807) is 6.07 Å². The Hall–Kier alpha value is -0.640. The van der Waals surface area contributed by atoms with Crippen molar-refractivity contribution in [1.82, 2.24) is 4.98 Å². The summed E-state index contributed by atoms with van der Waals surface area (Å²) >= 11 is 3.58. The first-order chi connectivity index (χ1) is 7.23. The van der Waals surface area contributed by atoms with E-state index in [0.717, 1.165) is 23.6 Å². The molecule has 0 spiro atoms. The van der Waals surface area contributed by atoms with E-state index in [1.165, 1.54) is 25.1 Å². The van der Waals surface area contributed by atoms with E-state index >= 15 is 0 Å². The lowest BCUT2D eigenvalue weighted by molar-refractivity contribution is 0.274. The zero-order chi connectivity index (χ0) is 10.5. The van der Waals surface area contributed by atoms with Gasteiger partial charge in [-0.15, -0.1) is 0 Å². The first kappa shape index (κ1) is 9.58. The van der Waals surface area contributed by atoms with Gasteiger partial charge in [0.25, 0.3) is 0 Å². The summed E-state index contributed by atoms with van der Waals surface area (Å²) in [5.74, 6) is 1.46. The minimum atomic E-state index is -0.266. The van der Waals surface area contributed by atoms with Gasteiger partial charge in [-0.3, -0.25) is 0 Å². The maximum Gasteiger partial charge on any atom is 0.141 e. The van der Waals surface area contributed by atoms with Crippen LogP contribution in [0.4, 0.5) is 10.2 Å². The average molecular weight is 271 g/mol. The summed E-state index contributed by atoms with van der Waals surface area (Å²) in [7, 11) is 0. The van der Waals surface area contributed by atoms with Gasteiger partial charge in [-0.2, -0.15) is 0 Å². The van der Waals surface area contributed by atoms with Gasteiger partial charge in [0.15, 0.2) is 0 Å². The summed E-state index contributed by atoms with van der Waals surface area (Å²) < 4.78 is 12.8. The molecular formula is C11H12BrFN2. The molecule has 4 rings (SSSR count). The SMILES string of the molecule is Fc1ccc(N2CC3CC2(CBr)C3)nc1. The fourth-order valence-corrected chi connectivity index (χ4v) is 3.62. The van der Waals surface area contributed by atoms with Crippen LogP contribution in [0.15, 0.2) is 18.3 Å². The van der Waals surface area contributed by atoms with Crippen molar-refractivity contribution in [3.8, 4) is 0 Å². The normalized spacial score (nSPS) is 32.9. The number of anilines is 1. The van der Waals surface area contributed by atoms with Crippen LogP contribution in [-0.2, 0) is 0 Å². The molecule has 80 valence electrons. The van der Waals surface area contributed by atoms with E-state index in [-0.39, 0.29) is 11.4 Å². The van der Waals surface area contributed by atoms with Gasteiger partial charge in [0.1, 0.15) is 11.6 Å². The molecule has 1 saturated carbocycles. The van der Waals surface area contributed by atoms with Crippen LogP contribution in [0, 0.1) is 11.7 Å². The molecule has 0 radical (unpaired) electrons. The van der Waals surface area contributed by atoms with Gasteiger partial charge in [-0.25, -0.2) is 9.37 Å². The molecular weight excluding hydrogens is 259 g/mol. The largest absolute Gasteiger partial charge is 0.350 e. The highest BCUT2D eigenvalue weighted by atomic mass is 79.9. The third-order valence-electron chi connectivity index (χ3n) is 3.59. The lowest BCUT2D eigenvalue weighted by Gasteiger charge is -2.41. The molecule has 0 N–H and O–H groups in total. The monoisotopic (exact) mass is 270 g/mol. The van der Waals surface area contributed by atoms with E-state index in [0.29, 0.717) is 0 Å².